The largest absolute Gasteiger partial charge is 0.361 e. The average Bonchev–Trinajstić information content (AvgIpc) is 2.90. The molecule has 0 spiro atoms. The molecule has 4 nitrogen and oxygen atoms in total. The molecule has 0 aromatic heterocycles. The molecule has 0 radical (unpaired) electrons. The van der Waals surface area contributed by atoms with Crippen LogP contribution < -0.4 is 10.6 Å². The average molecular weight is 333 g/mol. The Balaban J connectivity index is 1.91. The van der Waals surface area contributed by atoms with Gasteiger partial charge in [0, 0.05) is 47.8 Å². The summed E-state index contributed by atoms with van der Waals surface area (Å²) in [5.74, 6) is -1.26. The van der Waals surface area contributed by atoms with Crippen molar-refractivity contribution in [1.82, 2.24) is 10.6 Å². The van der Waals surface area contributed by atoms with Crippen LogP contribution in [-0.4, -0.2) is 18.2 Å². The van der Waals surface area contributed by atoms with Crippen molar-refractivity contribution in [2.75, 3.05) is 6.54 Å². The van der Waals surface area contributed by atoms with Crippen molar-refractivity contribution in [2.45, 2.75) is 25.2 Å². The molecule has 1 atom stereocenters. The predicted octanol–water partition coefficient (Wildman–Crippen LogP) is 2.56. The Bertz CT molecular complexity index is 813. The molecule has 4 rings (SSSR count). The van der Waals surface area contributed by atoms with Gasteiger partial charge in [0.2, 0.25) is 5.91 Å². The molecule has 0 saturated heterocycles. The molecule has 2 N–H and O–H groups in total. The minimum atomic E-state index is -0.548. The molecule has 6 heteroatoms. The zero-order chi connectivity index (χ0) is 16.1. The van der Waals surface area contributed by atoms with Crippen LogP contribution in [0.5, 0.6) is 0 Å². The van der Waals surface area contributed by atoms with Gasteiger partial charge in [0.15, 0.2) is 5.78 Å². The molecule has 1 aromatic rings. The highest BCUT2D eigenvalue weighted by Gasteiger charge is 2.41. The number of carbonyl (C=O) groups excluding carboxylic acids is 2. The number of benzene rings is 1. The minimum Gasteiger partial charge on any atom is -0.361 e. The summed E-state index contributed by atoms with van der Waals surface area (Å²) in [5, 5.41) is 6.10. The quantitative estimate of drug-likeness (QED) is 0.831. The number of hydrogen-bond donors (Lipinski definition) is 2. The molecule has 0 fully saturated rings. The number of dihydropyridines is 1. The van der Waals surface area contributed by atoms with E-state index < -0.39 is 11.7 Å². The third kappa shape index (κ3) is 2.18. The minimum absolute atomic E-state index is 0.0118. The number of Topliss-reactive ketones (excluding diaryl/α,β-unsaturated/α-hetero) is 1. The zero-order valence-electron chi connectivity index (χ0n) is 12.2. The summed E-state index contributed by atoms with van der Waals surface area (Å²) in [6.07, 6.45) is 1.74. The summed E-state index contributed by atoms with van der Waals surface area (Å²) in [6.45, 7) is 0.558. The maximum atomic E-state index is 13.9. The Morgan fingerprint density at radius 2 is 1.87 bits per heavy atom. The van der Waals surface area contributed by atoms with Crippen molar-refractivity contribution in [3.63, 3.8) is 0 Å². The summed E-state index contributed by atoms with van der Waals surface area (Å²) >= 11 is 5.77. The number of halogens is 2. The van der Waals surface area contributed by atoms with Crippen LogP contribution in [0.15, 0.2) is 40.7 Å². The molecule has 0 bridgehead atoms. The fourth-order valence-corrected chi connectivity index (χ4v) is 3.71. The van der Waals surface area contributed by atoms with Crippen LogP contribution in [0.3, 0.4) is 0 Å². The van der Waals surface area contributed by atoms with Crippen LogP contribution in [0, 0.1) is 5.82 Å². The van der Waals surface area contributed by atoms with E-state index in [-0.39, 0.29) is 16.7 Å². The standard InChI is InChI=1S/C17H14ClFN2O2/c18-9-2-1-8(7-10(9)19)14-15-11(3-4-13(15)22)21-12-5-6-20-17(23)16(12)14/h1-2,7,14,21H,3-6H2,(H,20,23). The molecule has 23 heavy (non-hydrogen) atoms. The molecule has 0 saturated carbocycles. The summed E-state index contributed by atoms with van der Waals surface area (Å²) in [6, 6.07) is 4.47. The van der Waals surface area contributed by atoms with Crippen LogP contribution in [0.1, 0.15) is 30.7 Å². The lowest BCUT2D eigenvalue weighted by molar-refractivity contribution is -0.118. The smallest absolute Gasteiger partial charge is 0.249 e. The van der Waals surface area contributed by atoms with Gasteiger partial charge >= 0.3 is 0 Å². The van der Waals surface area contributed by atoms with Crippen LogP contribution in [0.2, 0.25) is 5.02 Å². The van der Waals surface area contributed by atoms with Gasteiger partial charge in [-0.15, -0.1) is 0 Å². The van der Waals surface area contributed by atoms with E-state index in [1.807, 2.05) is 0 Å². The third-order valence-electron chi connectivity index (χ3n) is 4.61. The highest BCUT2D eigenvalue weighted by atomic mass is 35.5. The van der Waals surface area contributed by atoms with Gasteiger partial charge in [-0.05, 0) is 24.1 Å². The lowest BCUT2D eigenvalue weighted by Gasteiger charge is -2.33. The van der Waals surface area contributed by atoms with Crippen molar-refractivity contribution in [1.29, 1.82) is 0 Å². The van der Waals surface area contributed by atoms with Gasteiger partial charge in [0.1, 0.15) is 5.82 Å². The van der Waals surface area contributed by atoms with E-state index in [2.05, 4.69) is 10.6 Å². The Morgan fingerprint density at radius 3 is 2.65 bits per heavy atom. The number of carbonyl (C=O) groups is 2. The molecule has 2 heterocycles. The summed E-state index contributed by atoms with van der Waals surface area (Å²) in [4.78, 5) is 24.7. The van der Waals surface area contributed by atoms with Gasteiger partial charge in [-0.1, -0.05) is 17.7 Å². The van der Waals surface area contributed by atoms with Crippen LogP contribution in [0.25, 0.3) is 0 Å². The molecule has 1 unspecified atom stereocenters. The normalized spacial score (nSPS) is 23.5. The highest BCUT2D eigenvalue weighted by molar-refractivity contribution is 6.30. The molecule has 1 aliphatic carbocycles. The van der Waals surface area contributed by atoms with Crippen molar-refractivity contribution in [3.05, 3.63) is 57.1 Å². The van der Waals surface area contributed by atoms with E-state index in [1.165, 1.54) is 12.1 Å². The van der Waals surface area contributed by atoms with E-state index in [9.17, 15) is 14.0 Å². The van der Waals surface area contributed by atoms with E-state index >= 15 is 0 Å². The fourth-order valence-electron chi connectivity index (χ4n) is 3.60. The second-order valence-electron chi connectivity index (χ2n) is 5.95. The second-order valence-corrected chi connectivity index (χ2v) is 6.35. The molecule has 3 aliphatic rings. The number of rotatable bonds is 1. The van der Waals surface area contributed by atoms with Gasteiger partial charge < -0.3 is 10.6 Å². The Kier molecular flexibility index (Phi) is 3.27. The molecule has 118 valence electrons. The number of hydrogen-bond acceptors (Lipinski definition) is 3. The molecular weight excluding hydrogens is 319 g/mol. The summed E-state index contributed by atoms with van der Waals surface area (Å²) < 4.78 is 13.9. The highest BCUT2D eigenvalue weighted by Crippen LogP contribution is 2.44. The monoisotopic (exact) mass is 332 g/mol. The van der Waals surface area contributed by atoms with Crippen molar-refractivity contribution < 1.29 is 14.0 Å². The predicted molar refractivity (Wildman–Crippen MR) is 83.2 cm³/mol. The number of nitrogens with one attached hydrogen (secondary N) is 2. The second kappa shape index (κ2) is 5.20. The third-order valence-corrected chi connectivity index (χ3v) is 4.92. The van der Waals surface area contributed by atoms with Crippen molar-refractivity contribution >= 4 is 23.3 Å². The molecular formula is C17H14ClFN2O2. The van der Waals surface area contributed by atoms with E-state index in [0.29, 0.717) is 42.5 Å². The first-order valence-electron chi connectivity index (χ1n) is 7.55. The summed E-state index contributed by atoms with van der Waals surface area (Å²) in [7, 11) is 0. The first-order chi connectivity index (χ1) is 11.1. The van der Waals surface area contributed by atoms with Gasteiger partial charge in [-0.3, -0.25) is 9.59 Å². The molecule has 1 aromatic carbocycles. The topological polar surface area (TPSA) is 58.2 Å². The van der Waals surface area contributed by atoms with Gasteiger partial charge in [-0.25, -0.2) is 4.39 Å². The van der Waals surface area contributed by atoms with Gasteiger partial charge in [0.25, 0.3) is 0 Å². The zero-order valence-corrected chi connectivity index (χ0v) is 13.0. The molecule has 1 amide bonds. The van der Waals surface area contributed by atoms with E-state index in [1.54, 1.807) is 6.07 Å². The van der Waals surface area contributed by atoms with Crippen LogP contribution in [-0.2, 0) is 9.59 Å². The number of ketones is 1. The Hall–Kier alpha value is -2.14. The molecule has 2 aliphatic heterocycles. The lowest BCUT2D eigenvalue weighted by Crippen LogP contribution is -2.40. The van der Waals surface area contributed by atoms with Gasteiger partial charge in [0.05, 0.1) is 5.02 Å². The van der Waals surface area contributed by atoms with Crippen LogP contribution >= 0.6 is 11.6 Å². The van der Waals surface area contributed by atoms with Crippen LogP contribution in [0.4, 0.5) is 4.39 Å². The number of allylic oxidation sites excluding steroid dienone is 2. The fraction of sp³-hybridized carbons (Fsp3) is 0.294. The maximum absolute atomic E-state index is 13.9. The van der Waals surface area contributed by atoms with Crippen molar-refractivity contribution in [2.24, 2.45) is 0 Å². The van der Waals surface area contributed by atoms with Crippen molar-refractivity contribution in [3.8, 4) is 0 Å². The first kappa shape index (κ1) is 14.5. The Labute approximate surface area is 137 Å². The van der Waals surface area contributed by atoms with Gasteiger partial charge in [-0.2, -0.15) is 0 Å². The number of amides is 1. The maximum Gasteiger partial charge on any atom is 0.249 e. The van der Waals surface area contributed by atoms with E-state index in [0.717, 1.165) is 11.4 Å². The lowest BCUT2D eigenvalue weighted by atomic mass is 9.78. The Morgan fingerprint density at radius 1 is 1.09 bits per heavy atom. The first-order valence-corrected chi connectivity index (χ1v) is 7.93. The summed E-state index contributed by atoms with van der Waals surface area (Å²) in [5.41, 5.74) is 3.39. The van der Waals surface area contributed by atoms with E-state index in [4.69, 9.17) is 11.6 Å². The SMILES string of the molecule is O=C1CCC2=C1C(c1ccc(Cl)c(F)c1)C1=C(CCNC1=O)N2.